The standard InChI is InChI=1S/C5H16NO3Si.ClH/c1-5(2,10)3-4-6(7,8)9;/h7-9H,3-4H2,1-2,10H3;1H/q+1;/p-1. The van der Waals surface area contributed by atoms with Crippen LogP contribution in [0.5, 0.6) is 0 Å². The van der Waals surface area contributed by atoms with Crippen molar-refractivity contribution in [2.45, 2.75) is 25.3 Å². The largest absolute Gasteiger partial charge is 1.00 e. The molecule has 0 atom stereocenters. The predicted molar refractivity (Wildman–Crippen MR) is 39.1 cm³/mol. The van der Waals surface area contributed by atoms with Crippen molar-refractivity contribution in [3.63, 3.8) is 0 Å². The summed E-state index contributed by atoms with van der Waals surface area (Å²) in [6.45, 7) is 4.01. The molecule has 0 saturated carbocycles. The molecule has 70 valence electrons. The summed E-state index contributed by atoms with van der Waals surface area (Å²) in [5.41, 5.74) is 0. The smallest absolute Gasteiger partial charge is 0.177 e. The van der Waals surface area contributed by atoms with Crippen LogP contribution >= 0.6 is 0 Å². The van der Waals surface area contributed by atoms with Crippen LogP contribution in [0, 0.1) is 0 Å². The first-order chi connectivity index (χ1) is 4.21. The summed E-state index contributed by atoms with van der Waals surface area (Å²) in [4.78, 5) is -1.90. The normalized spacial score (nSPS) is 12.8. The Morgan fingerprint density at radius 2 is 1.64 bits per heavy atom. The van der Waals surface area contributed by atoms with Gasteiger partial charge in [0.05, 0.1) is 4.97 Å². The number of nitrogens with zero attached hydrogens (tertiary/aromatic N) is 1. The molecule has 0 spiro atoms. The van der Waals surface area contributed by atoms with Crippen molar-refractivity contribution < 1.29 is 33.0 Å². The highest BCUT2D eigenvalue weighted by atomic mass is 35.5. The quantitative estimate of drug-likeness (QED) is 0.258. The van der Waals surface area contributed by atoms with Gasteiger partial charge in [0.2, 0.25) is 0 Å². The molecule has 0 fully saturated rings. The van der Waals surface area contributed by atoms with Gasteiger partial charge in [-0.25, -0.2) is 0 Å². The molecule has 3 N–H and O–H groups in total. The number of rotatable bonds is 3. The third-order valence-corrected chi connectivity index (χ3v) is 1.66. The van der Waals surface area contributed by atoms with Crippen molar-refractivity contribution in [2.75, 3.05) is 6.54 Å². The molecule has 0 bridgehead atoms. The van der Waals surface area contributed by atoms with E-state index in [9.17, 15) is 0 Å². The first kappa shape index (κ1) is 13.9. The lowest BCUT2D eigenvalue weighted by Gasteiger charge is -2.19. The van der Waals surface area contributed by atoms with Gasteiger partial charge in [-0.05, 0) is 5.04 Å². The van der Waals surface area contributed by atoms with Gasteiger partial charge in [-0.2, -0.15) is 0 Å². The Morgan fingerprint density at radius 3 is 1.73 bits per heavy atom. The van der Waals surface area contributed by atoms with Crippen LogP contribution < -0.4 is 12.4 Å². The molecule has 0 radical (unpaired) electrons. The van der Waals surface area contributed by atoms with Crippen molar-refractivity contribution in [2.24, 2.45) is 0 Å². The molecule has 0 aromatic carbocycles. The second-order valence-electron chi connectivity index (χ2n) is 3.73. The van der Waals surface area contributed by atoms with Crippen LogP contribution in [0.1, 0.15) is 20.3 Å². The van der Waals surface area contributed by atoms with Gasteiger partial charge in [0.15, 0.2) is 6.54 Å². The first-order valence-corrected chi connectivity index (χ1v) is 4.27. The van der Waals surface area contributed by atoms with E-state index in [0.29, 0.717) is 6.42 Å². The van der Waals surface area contributed by atoms with E-state index in [-0.39, 0.29) is 24.0 Å². The molecule has 0 aromatic rings. The second kappa shape index (κ2) is 4.39. The molecule has 0 unspecified atom stereocenters. The zero-order valence-corrected chi connectivity index (χ0v) is 9.84. The van der Waals surface area contributed by atoms with Crippen molar-refractivity contribution >= 4 is 10.2 Å². The maximum absolute atomic E-state index is 8.45. The van der Waals surface area contributed by atoms with Crippen LogP contribution in [-0.4, -0.2) is 37.4 Å². The monoisotopic (exact) mass is 201 g/mol. The molecular weight excluding hydrogens is 186 g/mol. The molecule has 11 heavy (non-hydrogen) atoms. The van der Waals surface area contributed by atoms with Crippen LogP contribution in [0.15, 0.2) is 0 Å². The lowest BCUT2D eigenvalue weighted by Crippen LogP contribution is -3.00. The van der Waals surface area contributed by atoms with E-state index < -0.39 is 4.97 Å². The minimum atomic E-state index is -1.90. The van der Waals surface area contributed by atoms with Crippen molar-refractivity contribution in [1.29, 1.82) is 0 Å². The van der Waals surface area contributed by atoms with E-state index in [1.54, 1.807) is 0 Å². The highest BCUT2D eigenvalue weighted by molar-refractivity contribution is 6.14. The van der Waals surface area contributed by atoms with Crippen molar-refractivity contribution in [3.05, 3.63) is 0 Å². The van der Waals surface area contributed by atoms with Gasteiger partial charge in [-0.15, -0.1) is 15.6 Å². The number of halogens is 1. The molecule has 0 aliphatic heterocycles. The Balaban J connectivity index is 0. The molecule has 4 nitrogen and oxygen atoms in total. The van der Waals surface area contributed by atoms with E-state index >= 15 is 0 Å². The Kier molecular flexibility index (Phi) is 5.55. The maximum Gasteiger partial charge on any atom is 0.177 e. The number of quaternary nitrogens is 1. The summed E-state index contributed by atoms with van der Waals surface area (Å²) in [6.07, 6.45) is 0.614. The van der Waals surface area contributed by atoms with E-state index in [4.69, 9.17) is 15.6 Å². The van der Waals surface area contributed by atoms with E-state index in [1.165, 1.54) is 0 Å². The van der Waals surface area contributed by atoms with Crippen molar-refractivity contribution in [1.82, 2.24) is 0 Å². The van der Waals surface area contributed by atoms with Crippen LogP contribution in [0.3, 0.4) is 0 Å². The molecular formula is C5H16ClNO3Si. The van der Waals surface area contributed by atoms with Crippen LogP contribution in [-0.2, 0) is 0 Å². The van der Waals surface area contributed by atoms with Crippen molar-refractivity contribution in [3.8, 4) is 0 Å². The van der Waals surface area contributed by atoms with Gasteiger partial charge in [0, 0.05) is 16.7 Å². The van der Waals surface area contributed by atoms with Gasteiger partial charge < -0.3 is 12.4 Å². The number of hydroxylamine groups is 3. The third-order valence-electron chi connectivity index (χ3n) is 1.16. The van der Waals surface area contributed by atoms with Crippen LogP contribution in [0.2, 0.25) is 5.04 Å². The zero-order valence-electron chi connectivity index (χ0n) is 7.08. The van der Waals surface area contributed by atoms with Gasteiger partial charge in [-0.1, -0.05) is 13.8 Å². The van der Waals surface area contributed by atoms with Crippen LogP contribution in [0.25, 0.3) is 0 Å². The third kappa shape index (κ3) is 13.4. The second-order valence-corrected chi connectivity index (χ2v) is 6.43. The topological polar surface area (TPSA) is 60.7 Å². The molecule has 0 amide bonds. The highest BCUT2D eigenvalue weighted by Gasteiger charge is 2.22. The Hall–Kier alpha value is 0.347. The Bertz CT molecular complexity index is 95.3. The lowest BCUT2D eigenvalue weighted by atomic mass is 10.1. The fourth-order valence-electron chi connectivity index (χ4n) is 0.485. The number of hydrogen-bond acceptors (Lipinski definition) is 3. The first-order valence-electron chi connectivity index (χ1n) is 3.27. The zero-order chi connectivity index (χ0) is 8.41. The van der Waals surface area contributed by atoms with Gasteiger partial charge in [-0.3, -0.25) is 0 Å². The van der Waals surface area contributed by atoms with Gasteiger partial charge in [0.25, 0.3) is 0 Å². The summed E-state index contributed by atoms with van der Waals surface area (Å²) < 4.78 is 0. The lowest BCUT2D eigenvalue weighted by molar-refractivity contribution is -1.37. The molecule has 0 rings (SSSR count). The summed E-state index contributed by atoms with van der Waals surface area (Å²) in [5.74, 6) is 0. The Labute approximate surface area is 75.7 Å². The average Bonchev–Trinajstić information content (AvgIpc) is 1.57. The minimum absolute atomic E-state index is 0. The molecule has 0 aromatic heterocycles. The minimum Gasteiger partial charge on any atom is -1.00 e. The summed E-state index contributed by atoms with van der Waals surface area (Å²) >= 11 is 0. The van der Waals surface area contributed by atoms with Gasteiger partial charge >= 0.3 is 0 Å². The van der Waals surface area contributed by atoms with Gasteiger partial charge in [0.1, 0.15) is 0 Å². The van der Waals surface area contributed by atoms with Crippen LogP contribution in [0.4, 0.5) is 0 Å². The van der Waals surface area contributed by atoms with E-state index in [1.807, 2.05) is 13.8 Å². The maximum atomic E-state index is 8.45. The summed E-state index contributed by atoms with van der Waals surface area (Å²) in [7, 11) is 0.978. The highest BCUT2D eigenvalue weighted by Crippen LogP contribution is 2.23. The fraction of sp³-hybridized carbons (Fsp3) is 1.00. The van der Waals surface area contributed by atoms with E-state index in [0.717, 1.165) is 10.2 Å². The van der Waals surface area contributed by atoms with E-state index in [2.05, 4.69) is 0 Å². The summed E-state index contributed by atoms with van der Waals surface area (Å²) in [5, 5.41) is 25.5. The predicted octanol–water partition coefficient (Wildman–Crippen LogP) is -3.07. The molecule has 0 aliphatic rings. The SMILES string of the molecule is CC(C)([SiH3])CC[N+](O)(O)O.[Cl-]. The Morgan fingerprint density at radius 1 is 1.27 bits per heavy atom. The fourth-order valence-corrected chi connectivity index (χ4v) is 0.709. The summed E-state index contributed by atoms with van der Waals surface area (Å²) in [6, 6.07) is 0. The molecule has 0 aliphatic carbocycles. The average molecular weight is 202 g/mol. The molecule has 0 heterocycles. The molecule has 6 heteroatoms. The molecule has 0 saturated heterocycles. The number of hydrogen-bond donors (Lipinski definition) is 3.